The first-order valence-corrected chi connectivity index (χ1v) is 7.09. The summed E-state index contributed by atoms with van der Waals surface area (Å²) in [7, 11) is 1.36. The number of esters is 1. The third-order valence-corrected chi connectivity index (χ3v) is 3.64. The number of rotatable bonds is 5. The maximum Gasteiger partial charge on any atom is 0.337 e. The summed E-state index contributed by atoms with van der Waals surface area (Å²) >= 11 is 4.85. The molecule has 1 aromatic rings. The van der Waals surface area contributed by atoms with Gasteiger partial charge in [0.05, 0.1) is 22.7 Å². The molecule has 3 nitrogen and oxygen atoms in total. The molecule has 0 radical (unpaired) electrons. The van der Waals surface area contributed by atoms with Gasteiger partial charge in [-0.2, -0.15) is 0 Å². The lowest BCUT2D eigenvalue weighted by Gasteiger charge is -1.97. The zero-order chi connectivity index (χ0) is 14.3. The lowest BCUT2D eigenvalue weighted by atomic mass is 10.2. The lowest BCUT2D eigenvalue weighted by Crippen LogP contribution is -2.01. The van der Waals surface area contributed by atoms with E-state index in [1.807, 2.05) is 6.92 Å². The number of thiazole rings is 1. The van der Waals surface area contributed by atoms with Gasteiger partial charge in [-0.05, 0) is 28.9 Å². The summed E-state index contributed by atoms with van der Waals surface area (Å²) in [6, 6.07) is 0. The largest absolute Gasteiger partial charge is 0.465 e. The second kappa shape index (κ2) is 7.86. The molecule has 0 aliphatic carbocycles. The van der Waals surface area contributed by atoms with Gasteiger partial charge in [-0.25, -0.2) is 9.78 Å². The number of ether oxygens (including phenoxy) is 1. The first-order chi connectivity index (χ1) is 9.08. The maximum absolute atomic E-state index is 11.4. The fourth-order valence-corrected chi connectivity index (χ4v) is 2.39. The molecule has 0 saturated heterocycles. The number of nitrogens with zero attached hydrogens (tertiary/aromatic N) is 1. The summed E-state index contributed by atoms with van der Waals surface area (Å²) in [4.78, 5) is 15.6. The number of halogens is 1. The van der Waals surface area contributed by atoms with Crippen LogP contribution in [0.2, 0.25) is 0 Å². The first-order valence-electron chi connectivity index (χ1n) is 5.48. The van der Waals surface area contributed by atoms with Crippen molar-refractivity contribution in [3.05, 3.63) is 57.5 Å². The zero-order valence-electron chi connectivity index (χ0n) is 10.7. The molecule has 0 bridgehead atoms. The molecule has 0 aromatic carbocycles. The fraction of sp³-hybridized carbons (Fsp3) is 0.143. The van der Waals surface area contributed by atoms with E-state index in [9.17, 15) is 4.79 Å². The molecule has 0 spiro atoms. The molecular formula is C14H14BrNO2S. The van der Waals surface area contributed by atoms with Crippen molar-refractivity contribution in [1.82, 2.24) is 4.98 Å². The van der Waals surface area contributed by atoms with E-state index >= 15 is 0 Å². The Hall–Kier alpha value is -1.46. The Bertz CT molecular complexity index is 556. The summed E-state index contributed by atoms with van der Waals surface area (Å²) in [5.74, 6) is -0.370. The first kappa shape index (κ1) is 15.6. The van der Waals surface area contributed by atoms with Crippen LogP contribution in [0, 0.1) is 0 Å². The van der Waals surface area contributed by atoms with Gasteiger partial charge in [0.15, 0.2) is 0 Å². The number of carbonyl (C=O) groups excluding carboxylic acids is 1. The second-order valence-electron chi connectivity index (χ2n) is 3.47. The Morgan fingerprint density at radius 1 is 1.53 bits per heavy atom. The third-order valence-electron chi connectivity index (χ3n) is 2.09. The Kier molecular flexibility index (Phi) is 6.45. The Balaban J connectivity index is 2.80. The van der Waals surface area contributed by atoms with E-state index in [4.69, 9.17) is 0 Å². The number of allylic oxidation sites excluding steroid dienone is 5. The maximum atomic E-state index is 11.4. The highest BCUT2D eigenvalue weighted by Gasteiger charge is 2.04. The van der Waals surface area contributed by atoms with Gasteiger partial charge in [0.25, 0.3) is 0 Å². The summed E-state index contributed by atoms with van der Waals surface area (Å²) in [6.45, 7) is 5.76. The van der Waals surface area contributed by atoms with Crippen LogP contribution in [0.1, 0.15) is 11.9 Å². The predicted octanol–water partition coefficient (Wildman–Crippen LogP) is 4.15. The van der Waals surface area contributed by atoms with Gasteiger partial charge >= 0.3 is 5.97 Å². The molecule has 0 fully saturated rings. The van der Waals surface area contributed by atoms with Crippen LogP contribution in [0.3, 0.4) is 0 Å². The average Bonchev–Trinajstić information content (AvgIpc) is 2.83. The molecule has 1 aromatic heterocycles. The number of hydrogen-bond donors (Lipinski definition) is 0. The molecule has 0 aliphatic heterocycles. The van der Waals surface area contributed by atoms with E-state index in [0.29, 0.717) is 5.57 Å². The topological polar surface area (TPSA) is 39.2 Å². The van der Waals surface area contributed by atoms with Crippen LogP contribution < -0.4 is 0 Å². The molecule has 0 aliphatic rings. The van der Waals surface area contributed by atoms with Crippen molar-refractivity contribution in [1.29, 1.82) is 0 Å². The average molecular weight is 340 g/mol. The van der Waals surface area contributed by atoms with Gasteiger partial charge in [-0.15, -0.1) is 11.3 Å². The van der Waals surface area contributed by atoms with Crippen LogP contribution in [-0.2, 0) is 9.53 Å². The molecule has 0 unspecified atom stereocenters. The minimum absolute atomic E-state index is 0.370. The standard InChI is InChI=1S/C14H14BrNO2S/c1-4-6-11(14(17)18-3)8-5-7-10(2)13-16-9-12(15)19-13/h4-9H,2H2,1,3H3/b6-4-,7-5+,11-8+. The Morgan fingerprint density at radius 3 is 2.79 bits per heavy atom. The molecule has 1 rings (SSSR count). The molecule has 0 N–H and O–H groups in total. The Labute approximate surface area is 125 Å². The zero-order valence-corrected chi connectivity index (χ0v) is 13.1. The van der Waals surface area contributed by atoms with Gasteiger partial charge in [-0.1, -0.05) is 30.9 Å². The second-order valence-corrected chi connectivity index (χ2v) is 5.88. The molecule has 5 heteroatoms. The number of aromatic nitrogens is 1. The van der Waals surface area contributed by atoms with Crippen molar-refractivity contribution in [2.45, 2.75) is 6.92 Å². The molecule has 19 heavy (non-hydrogen) atoms. The van der Waals surface area contributed by atoms with Gasteiger partial charge in [0, 0.05) is 5.57 Å². The summed E-state index contributed by atoms with van der Waals surface area (Å²) < 4.78 is 5.63. The highest BCUT2D eigenvalue weighted by Crippen LogP contribution is 2.24. The minimum Gasteiger partial charge on any atom is -0.465 e. The monoisotopic (exact) mass is 339 g/mol. The number of hydrogen-bond acceptors (Lipinski definition) is 4. The SMILES string of the molecule is C=C(/C=C/C=C(\C=C/C)C(=O)OC)c1ncc(Br)s1. The van der Waals surface area contributed by atoms with Gasteiger partial charge in [0.2, 0.25) is 0 Å². The van der Waals surface area contributed by atoms with Crippen molar-refractivity contribution in [3.63, 3.8) is 0 Å². The van der Waals surface area contributed by atoms with Gasteiger partial charge in [-0.3, -0.25) is 0 Å². The van der Waals surface area contributed by atoms with E-state index in [0.717, 1.165) is 14.4 Å². The molecule has 0 saturated carbocycles. The molecular weight excluding hydrogens is 326 g/mol. The van der Waals surface area contributed by atoms with Crippen LogP contribution in [0.25, 0.3) is 5.57 Å². The van der Waals surface area contributed by atoms with Crippen molar-refractivity contribution in [2.24, 2.45) is 0 Å². The normalized spacial score (nSPS) is 12.3. The fourth-order valence-electron chi connectivity index (χ4n) is 1.23. The van der Waals surface area contributed by atoms with Crippen molar-refractivity contribution in [2.75, 3.05) is 7.11 Å². The van der Waals surface area contributed by atoms with E-state index in [1.54, 1.807) is 36.6 Å². The summed E-state index contributed by atoms with van der Waals surface area (Å²) in [5, 5.41) is 0.835. The van der Waals surface area contributed by atoms with Gasteiger partial charge < -0.3 is 4.74 Å². The van der Waals surface area contributed by atoms with Crippen LogP contribution >= 0.6 is 27.3 Å². The molecule has 1 heterocycles. The minimum atomic E-state index is -0.370. The number of carbonyl (C=O) groups is 1. The van der Waals surface area contributed by atoms with E-state index < -0.39 is 0 Å². The van der Waals surface area contributed by atoms with Crippen LogP contribution in [-0.4, -0.2) is 18.1 Å². The molecule has 100 valence electrons. The number of methoxy groups -OCH3 is 1. The van der Waals surface area contributed by atoms with Gasteiger partial charge in [0.1, 0.15) is 5.01 Å². The van der Waals surface area contributed by atoms with E-state index in [1.165, 1.54) is 18.4 Å². The lowest BCUT2D eigenvalue weighted by molar-refractivity contribution is -0.135. The van der Waals surface area contributed by atoms with Crippen LogP contribution in [0.15, 0.2) is 52.5 Å². The summed E-state index contributed by atoms with van der Waals surface area (Å²) in [6.07, 6.45) is 10.4. The van der Waals surface area contributed by atoms with Crippen molar-refractivity contribution >= 4 is 38.8 Å². The van der Waals surface area contributed by atoms with Crippen molar-refractivity contribution in [3.8, 4) is 0 Å². The third kappa shape index (κ3) is 4.96. The van der Waals surface area contributed by atoms with E-state index in [-0.39, 0.29) is 5.97 Å². The smallest absolute Gasteiger partial charge is 0.337 e. The van der Waals surface area contributed by atoms with Crippen molar-refractivity contribution < 1.29 is 9.53 Å². The molecule has 0 amide bonds. The Morgan fingerprint density at radius 2 is 2.26 bits per heavy atom. The highest BCUT2D eigenvalue weighted by molar-refractivity contribution is 9.11. The predicted molar refractivity (Wildman–Crippen MR) is 82.9 cm³/mol. The summed E-state index contributed by atoms with van der Waals surface area (Å²) in [5.41, 5.74) is 1.27. The molecule has 0 atom stereocenters. The van der Waals surface area contributed by atoms with Crippen LogP contribution in [0.5, 0.6) is 0 Å². The van der Waals surface area contributed by atoms with E-state index in [2.05, 4.69) is 32.2 Å². The van der Waals surface area contributed by atoms with Crippen LogP contribution in [0.4, 0.5) is 0 Å². The quantitative estimate of drug-likeness (QED) is 0.459. The highest BCUT2D eigenvalue weighted by atomic mass is 79.9.